The monoisotopic (exact) mass is 488 g/mol. The van der Waals surface area contributed by atoms with E-state index < -0.39 is 0 Å². The van der Waals surface area contributed by atoms with Gasteiger partial charge in [-0.25, -0.2) is 0 Å². The molecule has 1 unspecified atom stereocenters. The van der Waals surface area contributed by atoms with E-state index in [-0.39, 0.29) is 47.2 Å². The van der Waals surface area contributed by atoms with Gasteiger partial charge in [0.25, 0.3) is 5.91 Å². The van der Waals surface area contributed by atoms with Crippen molar-refractivity contribution in [3.63, 3.8) is 0 Å². The number of carbonyl (C=O) groups excluding carboxylic acids is 1. The van der Waals surface area contributed by atoms with Gasteiger partial charge in [-0.15, -0.1) is 35.3 Å². The Balaban J connectivity index is 0.00000338. The highest BCUT2D eigenvalue weighted by atomic mass is 127. The lowest BCUT2D eigenvalue weighted by atomic mass is 10.2. The number of hydrogen-bond acceptors (Lipinski definition) is 4. The van der Waals surface area contributed by atoms with Crippen molar-refractivity contribution in [2.75, 3.05) is 19.6 Å². The van der Waals surface area contributed by atoms with Gasteiger partial charge in [0, 0.05) is 18.0 Å². The van der Waals surface area contributed by atoms with Crippen LogP contribution in [0, 0.1) is 0 Å². The molecule has 1 amide bonds. The summed E-state index contributed by atoms with van der Waals surface area (Å²) < 4.78 is 0. The van der Waals surface area contributed by atoms with E-state index >= 15 is 0 Å². The number of nitrogens with one attached hydrogen (secondary N) is 3. The number of rotatable bonds is 7. The third kappa shape index (κ3) is 6.83. The van der Waals surface area contributed by atoms with Crippen LogP contribution in [0.1, 0.15) is 35.1 Å². The first-order valence-electron chi connectivity index (χ1n) is 8.26. The van der Waals surface area contributed by atoms with Gasteiger partial charge >= 0.3 is 0 Å². The number of phenols is 1. The molecule has 1 atom stereocenters. The molecule has 0 fully saturated rings. The van der Waals surface area contributed by atoms with Crippen LogP contribution in [-0.4, -0.2) is 36.6 Å². The lowest BCUT2D eigenvalue weighted by Gasteiger charge is -2.16. The number of carbonyl (C=O) groups is 1. The summed E-state index contributed by atoms with van der Waals surface area (Å²) in [6.07, 6.45) is 0. The van der Waals surface area contributed by atoms with Crippen molar-refractivity contribution in [1.82, 2.24) is 16.0 Å². The Labute approximate surface area is 175 Å². The van der Waals surface area contributed by atoms with Gasteiger partial charge in [0.05, 0.1) is 18.2 Å². The minimum Gasteiger partial charge on any atom is -0.507 e. The van der Waals surface area contributed by atoms with E-state index in [4.69, 9.17) is 0 Å². The standard InChI is InChI=1S/C18H24N4O2S.HI/c1-3-19-18(22-13(2)16-9-6-12-25-16)21-11-10-20-17(24)14-7-4-5-8-15(14)23;/h4-9,12-13,23H,3,10-11H2,1-2H3,(H,20,24)(H2,19,21,22);1H. The minimum atomic E-state index is -0.307. The van der Waals surface area contributed by atoms with Crippen molar-refractivity contribution < 1.29 is 9.90 Å². The first-order valence-corrected chi connectivity index (χ1v) is 9.14. The maximum absolute atomic E-state index is 12.0. The van der Waals surface area contributed by atoms with Gasteiger partial charge in [-0.3, -0.25) is 9.79 Å². The van der Waals surface area contributed by atoms with Crippen LogP contribution in [0.2, 0.25) is 0 Å². The average Bonchev–Trinajstić information content (AvgIpc) is 3.13. The Bertz CT molecular complexity index is 707. The average molecular weight is 488 g/mol. The lowest BCUT2D eigenvalue weighted by molar-refractivity contribution is 0.0952. The summed E-state index contributed by atoms with van der Waals surface area (Å²) in [5.41, 5.74) is 0.267. The Hall–Kier alpha value is -1.81. The van der Waals surface area contributed by atoms with Gasteiger partial charge < -0.3 is 21.1 Å². The fourth-order valence-corrected chi connectivity index (χ4v) is 2.97. The highest BCUT2D eigenvalue weighted by molar-refractivity contribution is 14.0. The smallest absolute Gasteiger partial charge is 0.255 e. The fraction of sp³-hybridized carbons (Fsp3) is 0.333. The molecule has 4 N–H and O–H groups in total. The molecule has 0 saturated carbocycles. The van der Waals surface area contributed by atoms with Gasteiger partial charge in [0.15, 0.2) is 5.96 Å². The molecule has 142 valence electrons. The lowest BCUT2D eigenvalue weighted by Crippen LogP contribution is -2.39. The summed E-state index contributed by atoms with van der Waals surface area (Å²) in [4.78, 5) is 17.7. The fourth-order valence-electron chi connectivity index (χ4n) is 2.23. The van der Waals surface area contributed by atoms with E-state index in [1.165, 1.54) is 10.9 Å². The van der Waals surface area contributed by atoms with E-state index in [2.05, 4.69) is 33.9 Å². The number of hydrogen-bond donors (Lipinski definition) is 4. The summed E-state index contributed by atoms with van der Waals surface area (Å²) in [5.74, 6) is 0.377. The molecule has 0 spiro atoms. The Morgan fingerprint density at radius 2 is 2.00 bits per heavy atom. The molecule has 8 heteroatoms. The number of thiophene rings is 1. The molecular weight excluding hydrogens is 463 g/mol. The number of benzene rings is 1. The molecule has 1 aromatic carbocycles. The predicted molar refractivity (Wildman–Crippen MR) is 118 cm³/mol. The second-order valence-electron chi connectivity index (χ2n) is 5.42. The Kier molecular flexibility index (Phi) is 10.0. The highest BCUT2D eigenvalue weighted by Crippen LogP contribution is 2.17. The summed E-state index contributed by atoms with van der Waals surface area (Å²) >= 11 is 1.70. The number of halogens is 1. The number of nitrogens with zero attached hydrogens (tertiary/aromatic N) is 1. The van der Waals surface area contributed by atoms with Gasteiger partial charge in [0.1, 0.15) is 5.75 Å². The SMILES string of the molecule is CCNC(=NCCNC(=O)c1ccccc1O)NC(C)c1cccs1.I. The number of aliphatic imine (C=N–C) groups is 1. The van der Waals surface area contributed by atoms with Crippen molar-refractivity contribution in [2.24, 2.45) is 4.99 Å². The highest BCUT2D eigenvalue weighted by Gasteiger charge is 2.10. The molecule has 0 saturated heterocycles. The molecule has 0 radical (unpaired) electrons. The summed E-state index contributed by atoms with van der Waals surface area (Å²) in [5, 5.41) is 21.0. The summed E-state index contributed by atoms with van der Waals surface area (Å²) in [6.45, 7) is 5.67. The molecule has 0 aliphatic heterocycles. The van der Waals surface area contributed by atoms with Crippen molar-refractivity contribution in [3.8, 4) is 5.75 Å². The summed E-state index contributed by atoms with van der Waals surface area (Å²) in [7, 11) is 0. The predicted octanol–water partition coefficient (Wildman–Crippen LogP) is 3.12. The second kappa shape index (κ2) is 11.7. The maximum atomic E-state index is 12.0. The first-order chi connectivity index (χ1) is 12.1. The molecule has 1 aromatic heterocycles. The van der Waals surface area contributed by atoms with Gasteiger partial charge in [0.2, 0.25) is 0 Å². The van der Waals surface area contributed by atoms with Crippen LogP contribution in [0.4, 0.5) is 0 Å². The Morgan fingerprint density at radius 1 is 1.23 bits per heavy atom. The number of phenolic OH excluding ortho intramolecular Hbond substituents is 1. The molecule has 2 rings (SSSR count). The van der Waals surface area contributed by atoms with Crippen LogP contribution >= 0.6 is 35.3 Å². The largest absolute Gasteiger partial charge is 0.507 e. The minimum absolute atomic E-state index is 0. The molecule has 0 bridgehead atoms. The second-order valence-corrected chi connectivity index (χ2v) is 6.39. The van der Waals surface area contributed by atoms with E-state index in [0.29, 0.717) is 19.0 Å². The number of guanidine groups is 1. The van der Waals surface area contributed by atoms with Crippen molar-refractivity contribution in [1.29, 1.82) is 0 Å². The van der Waals surface area contributed by atoms with Crippen molar-refractivity contribution >= 4 is 47.2 Å². The zero-order valence-corrected chi connectivity index (χ0v) is 18.0. The first kappa shape index (κ1) is 22.2. The van der Waals surface area contributed by atoms with E-state index in [1.807, 2.05) is 18.4 Å². The van der Waals surface area contributed by atoms with Gasteiger partial charge in [-0.2, -0.15) is 0 Å². The van der Waals surface area contributed by atoms with Crippen LogP contribution < -0.4 is 16.0 Å². The zero-order chi connectivity index (χ0) is 18.1. The van der Waals surface area contributed by atoms with E-state index in [1.54, 1.807) is 29.5 Å². The van der Waals surface area contributed by atoms with Crippen LogP contribution in [0.25, 0.3) is 0 Å². The number of amides is 1. The van der Waals surface area contributed by atoms with E-state index in [0.717, 1.165) is 6.54 Å². The van der Waals surface area contributed by atoms with Crippen LogP contribution in [0.5, 0.6) is 5.75 Å². The molecule has 26 heavy (non-hydrogen) atoms. The molecule has 2 aromatic rings. The van der Waals surface area contributed by atoms with Crippen molar-refractivity contribution in [2.45, 2.75) is 19.9 Å². The number of para-hydroxylation sites is 1. The molecule has 0 aliphatic rings. The van der Waals surface area contributed by atoms with Gasteiger partial charge in [-0.05, 0) is 37.4 Å². The molecular formula is C18H25IN4O2S. The van der Waals surface area contributed by atoms with Crippen LogP contribution in [-0.2, 0) is 0 Å². The third-order valence-corrected chi connectivity index (χ3v) is 4.54. The normalized spacial score (nSPS) is 12.0. The van der Waals surface area contributed by atoms with Crippen molar-refractivity contribution in [3.05, 3.63) is 52.2 Å². The summed E-state index contributed by atoms with van der Waals surface area (Å²) in [6, 6.07) is 10.7. The van der Waals surface area contributed by atoms with Crippen LogP contribution in [0.15, 0.2) is 46.8 Å². The van der Waals surface area contributed by atoms with E-state index in [9.17, 15) is 9.90 Å². The molecule has 1 heterocycles. The number of aromatic hydroxyl groups is 1. The molecule has 0 aliphatic carbocycles. The molecule has 6 nitrogen and oxygen atoms in total. The quantitative estimate of drug-likeness (QED) is 0.209. The van der Waals surface area contributed by atoms with Gasteiger partial charge in [-0.1, -0.05) is 18.2 Å². The Morgan fingerprint density at radius 3 is 2.65 bits per heavy atom. The topological polar surface area (TPSA) is 85.8 Å². The zero-order valence-electron chi connectivity index (χ0n) is 14.9. The van der Waals surface area contributed by atoms with Crippen LogP contribution in [0.3, 0.4) is 0 Å². The maximum Gasteiger partial charge on any atom is 0.255 e. The third-order valence-electron chi connectivity index (χ3n) is 3.48.